The zero-order valence-electron chi connectivity index (χ0n) is 16.4. The zero-order chi connectivity index (χ0) is 20.4. The number of rotatable bonds is 5. The van der Waals surface area contributed by atoms with Crippen molar-refractivity contribution in [3.05, 3.63) is 47.5 Å². The quantitative estimate of drug-likeness (QED) is 0.645. The summed E-state index contributed by atoms with van der Waals surface area (Å²) in [6, 6.07) is 11.4. The van der Waals surface area contributed by atoms with Crippen LogP contribution in [0.1, 0.15) is 18.1 Å². The van der Waals surface area contributed by atoms with E-state index < -0.39 is 5.25 Å². The van der Waals surface area contributed by atoms with Gasteiger partial charge < -0.3 is 14.8 Å². The van der Waals surface area contributed by atoms with Crippen molar-refractivity contribution in [2.75, 3.05) is 18.5 Å². The number of hydrogen-bond donors (Lipinski definition) is 1. The summed E-state index contributed by atoms with van der Waals surface area (Å²) in [6.07, 6.45) is 0. The number of nitrogens with one attached hydrogen (secondary N) is 1. The molecule has 1 aliphatic rings. The van der Waals surface area contributed by atoms with Gasteiger partial charge in [-0.2, -0.15) is 4.68 Å². The molecule has 1 atom stereocenters. The average molecular weight is 411 g/mol. The van der Waals surface area contributed by atoms with E-state index in [-0.39, 0.29) is 5.91 Å². The summed E-state index contributed by atoms with van der Waals surface area (Å²) in [4.78, 5) is 12.7. The van der Waals surface area contributed by atoms with E-state index in [0.29, 0.717) is 35.6 Å². The van der Waals surface area contributed by atoms with Crippen molar-refractivity contribution in [1.29, 1.82) is 0 Å². The topological polar surface area (TPSA) is 91.2 Å². The lowest BCUT2D eigenvalue weighted by atomic mass is 10.1. The van der Waals surface area contributed by atoms with E-state index in [2.05, 4.69) is 26.9 Å². The van der Waals surface area contributed by atoms with E-state index in [9.17, 15) is 4.79 Å². The second-order valence-corrected chi connectivity index (χ2v) is 8.08. The molecule has 0 radical (unpaired) electrons. The van der Waals surface area contributed by atoms with Crippen LogP contribution in [-0.4, -0.2) is 44.6 Å². The standard InChI is InChI=1S/C20H21N5O3S/c1-12-4-6-16(13(2)10-12)25-20(22-23-24-25)29-14(3)19(26)21-15-5-7-17-18(11-15)28-9-8-27-17/h4-7,10-11,14H,8-9H2,1-3H3,(H,21,26)/t14-/m0/s1. The molecule has 1 amide bonds. The number of aryl methyl sites for hydroxylation is 2. The van der Waals surface area contributed by atoms with Gasteiger partial charge in [-0.05, 0) is 55.0 Å². The van der Waals surface area contributed by atoms with E-state index in [4.69, 9.17) is 9.47 Å². The number of carbonyl (C=O) groups is 1. The van der Waals surface area contributed by atoms with Gasteiger partial charge in [-0.1, -0.05) is 29.5 Å². The number of benzene rings is 2. The molecule has 1 aromatic heterocycles. The van der Waals surface area contributed by atoms with Crippen molar-refractivity contribution in [1.82, 2.24) is 20.2 Å². The number of fused-ring (bicyclic) bond motifs is 1. The Kier molecular flexibility index (Phi) is 5.39. The predicted octanol–water partition coefficient (Wildman–Crippen LogP) is 3.17. The first-order valence-corrected chi connectivity index (χ1v) is 10.1. The first-order valence-electron chi connectivity index (χ1n) is 9.24. The molecule has 29 heavy (non-hydrogen) atoms. The Morgan fingerprint density at radius 2 is 1.93 bits per heavy atom. The Hall–Kier alpha value is -3.07. The van der Waals surface area contributed by atoms with Gasteiger partial charge in [0.15, 0.2) is 11.5 Å². The van der Waals surface area contributed by atoms with Gasteiger partial charge >= 0.3 is 0 Å². The number of anilines is 1. The van der Waals surface area contributed by atoms with Gasteiger partial charge in [-0.25, -0.2) is 0 Å². The second-order valence-electron chi connectivity index (χ2n) is 6.77. The Morgan fingerprint density at radius 1 is 1.14 bits per heavy atom. The Morgan fingerprint density at radius 3 is 2.72 bits per heavy atom. The van der Waals surface area contributed by atoms with E-state index in [1.807, 2.05) is 32.9 Å². The third-order valence-corrected chi connectivity index (χ3v) is 5.52. The molecule has 0 saturated heterocycles. The lowest BCUT2D eigenvalue weighted by Crippen LogP contribution is -2.23. The molecule has 2 aromatic carbocycles. The minimum atomic E-state index is -0.404. The number of tetrazole rings is 1. The van der Waals surface area contributed by atoms with Gasteiger partial charge in [0.05, 0.1) is 10.9 Å². The number of thioether (sulfide) groups is 1. The van der Waals surface area contributed by atoms with Crippen molar-refractivity contribution in [3.8, 4) is 17.2 Å². The molecule has 0 saturated carbocycles. The van der Waals surface area contributed by atoms with Crippen LogP contribution in [0.4, 0.5) is 5.69 Å². The van der Waals surface area contributed by atoms with Crippen molar-refractivity contribution < 1.29 is 14.3 Å². The van der Waals surface area contributed by atoms with E-state index in [1.54, 1.807) is 22.9 Å². The molecule has 4 rings (SSSR count). The van der Waals surface area contributed by atoms with Crippen LogP contribution in [0.5, 0.6) is 11.5 Å². The van der Waals surface area contributed by atoms with Gasteiger partial charge in [-0.3, -0.25) is 4.79 Å². The molecule has 1 aliphatic heterocycles. The molecule has 0 bridgehead atoms. The van der Waals surface area contributed by atoms with Crippen LogP contribution in [0.25, 0.3) is 5.69 Å². The summed E-state index contributed by atoms with van der Waals surface area (Å²) >= 11 is 1.30. The number of aromatic nitrogens is 4. The summed E-state index contributed by atoms with van der Waals surface area (Å²) in [5.74, 6) is 1.17. The SMILES string of the molecule is Cc1ccc(-n2nnnc2S[C@@H](C)C(=O)Nc2ccc3c(c2)OCCO3)c(C)c1. The first kappa shape index (κ1) is 19.3. The maximum absolute atomic E-state index is 12.7. The monoisotopic (exact) mass is 411 g/mol. The molecule has 150 valence electrons. The summed E-state index contributed by atoms with van der Waals surface area (Å²) in [7, 11) is 0. The summed E-state index contributed by atoms with van der Waals surface area (Å²) in [5.41, 5.74) is 3.77. The van der Waals surface area contributed by atoms with Crippen molar-refractivity contribution in [2.45, 2.75) is 31.2 Å². The summed E-state index contributed by atoms with van der Waals surface area (Å²) in [6.45, 7) is 6.89. The van der Waals surface area contributed by atoms with Gasteiger partial charge in [0.2, 0.25) is 11.1 Å². The Balaban J connectivity index is 1.47. The van der Waals surface area contributed by atoms with Gasteiger partial charge in [0, 0.05) is 11.8 Å². The largest absolute Gasteiger partial charge is 0.486 e. The highest BCUT2D eigenvalue weighted by Crippen LogP contribution is 2.33. The first-order chi connectivity index (χ1) is 14.0. The number of nitrogens with zero attached hydrogens (tertiary/aromatic N) is 4. The molecular weight excluding hydrogens is 390 g/mol. The lowest BCUT2D eigenvalue weighted by Gasteiger charge is -2.19. The van der Waals surface area contributed by atoms with Crippen LogP contribution in [0, 0.1) is 13.8 Å². The second kappa shape index (κ2) is 8.12. The maximum Gasteiger partial charge on any atom is 0.237 e. The lowest BCUT2D eigenvalue weighted by molar-refractivity contribution is -0.115. The highest BCUT2D eigenvalue weighted by Gasteiger charge is 2.21. The molecule has 9 heteroatoms. The summed E-state index contributed by atoms with van der Waals surface area (Å²) in [5, 5.41) is 15.0. The van der Waals surface area contributed by atoms with Crippen LogP contribution in [0.2, 0.25) is 0 Å². The third kappa shape index (κ3) is 4.19. The van der Waals surface area contributed by atoms with E-state index in [1.165, 1.54) is 17.3 Å². The fourth-order valence-electron chi connectivity index (χ4n) is 3.02. The van der Waals surface area contributed by atoms with Crippen LogP contribution in [0.3, 0.4) is 0 Å². The highest BCUT2D eigenvalue weighted by molar-refractivity contribution is 8.00. The normalized spacial score (nSPS) is 13.8. The Labute approximate surface area is 172 Å². The van der Waals surface area contributed by atoms with Gasteiger partial charge in [0.25, 0.3) is 0 Å². The number of carbonyl (C=O) groups excluding carboxylic acids is 1. The number of hydrogen-bond acceptors (Lipinski definition) is 7. The smallest absolute Gasteiger partial charge is 0.237 e. The molecule has 0 spiro atoms. The fraction of sp³-hybridized carbons (Fsp3) is 0.300. The van der Waals surface area contributed by atoms with Crippen molar-refractivity contribution in [2.24, 2.45) is 0 Å². The zero-order valence-corrected chi connectivity index (χ0v) is 17.2. The van der Waals surface area contributed by atoms with E-state index in [0.717, 1.165) is 11.3 Å². The number of amides is 1. The van der Waals surface area contributed by atoms with Crippen LogP contribution in [0.15, 0.2) is 41.6 Å². The molecule has 0 aliphatic carbocycles. The highest BCUT2D eigenvalue weighted by atomic mass is 32.2. The van der Waals surface area contributed by atoms with Crippen LogP contribution in [-0.2, 0) is 4.79 Å². The molecule has 0 unspecified atom stereocenters. The van der Waals surface area contributed by atoms with Gasteiger partial charge in [-0.15, -0.1) is 5.10 Å². The summed E-state index contributed by atoms with van der Waals surface area (Å²) < 4.78 is 12.7. The Bertz CT molecular complexity index is 1050. The van der Waals surface area contributed by atoms with Crippen LogP contribution >= 0.6 is 11.8 Å². The molecule has 1 N–H and O–H groups in total. The van der Waals surface area contributed by atoms with E-state index >= 15 is 0 Å². The molecule has 8 nitrogen and oxygen atoms in total. The average Bonchev–Trinajstić information content (AvgIpc) is 3.15. The minimum Gasteiger partial charge on any atom is -0.486 e. The molecule has 3 aromatic rings. The fourth-order valence-corrected chi connectivity index (χ4v) is 3.82. The third-order valence-electron chi connectivity index (χ3n) is 4.48. The molecular formula is C20H21N5O3S. The molecule has 0 fully saturated rings. The maximum atomic E-state index is 12.7. The minimum absolute atomic E-state index is 0.151. The van der Waals surface area contributed by atoms with Crippen molar-refractivity contribution in [3.63, 3.8) is 0 Å². The van der Waals surface area contributed by atoms with Crippen molar-refractivity contribution >= 4 is 23.4 Å². The van der Waals surface area contributed by atoms with Gasteiger partial charge in [0.1, 0.15) is 13.2 Å². The predicted molar refractivity (Wildman–Crippen MR) is 110 cm³/mol. The van der Waals surface area contributed by atoms with Crippen LogP contribution < -0.4 is 14.8 Å². The molecule has 2 heterocycles. The number of ether oxygens (including phenoxy) is 2.